The van der Waals surface area contributed by atoms with Gasteiger partial charge in [-0.05, 0) is 60.7 Å². The molecule has 2 N–H and O–H groups in total. The Kier molecular flexibility index (Phi) is 6.03. The number of aromatic nitrogens is 1. The highest BCUT2D eigenvalue weighted by Gasteiger charge is 2.28. The lowest BCUT2D eigenvalue weighted by Gasteiger charge is -2.32. The summed E-state index contributed by atoms with van der Waals surface area (Å²) in [5.41, 5.74) is 0.270. The van der Waals surface area contributed by atoms with Crippen molar-refractivity contribution in [2.75, 3.05) is 13.1 Å². The molecule has 0 aliphatic carbocycles. The molecule has 2 aromatic heterocycles. The Morgan fingerprint density at radius 2 is 1.81 bits per heavy atom. The molecule has 162 valence electrons. The van der Waals surface area contributed by atoms with E-state index in [1.165, 1.54) is 29.5 Å². The zero-order valence-electron chi connectivity index (χ0n) is 16.4. The number of hydrogen-bond acceptors (Lipinski definition) is 5. The zero-order chi connectivity index (χ0) is 22.0. The van der Waals surface area contributed by atoms with Crippen molar-refractivity contribution in [1.82, 2.24) is 14.6 Å². The summed E-state index contributed by atoms with van der Waals surface area (Å²) < 4.78 is 40.6. The third-order valence-electron chi connectivity index (χ3n) is 5.15. The monoisotopic (exact) mass is 461 g/mol. The topological polar surface area (TPSA) is 99.3 Å². The van der Waals surface area contributed by atoms with Crippen LogP contribution in [0.1, 0.15) is 23.2 Å². The lowest BCUT2D eigenvalue weighted by molar-refractivity contribution is 0.0709. The van der Waals surface area contributed by atoms with E-state index < -0.39 is 21.4 Å². The number of carbonyl (C=O) groups is 1. The molecule has 3 heterocycles. The highest BCUT2D eigenvalue weighted by Crippen LogP contribution is 2.22. The summed E-state index contributed by atoms with van der Waals surface area (Å²) >= 11 is 1.49. The zero-order valence-corrected chi connectivity index (χ0v) is 18.0. The number of H-pyrrole nitrogens is 1. The summed E-state index contributed by atoms with van der Waals surface area (Å²) in [7, 11) is -3.77. The largest absolute Gasteiger partial charge is 0.338 e. The second-order valence-electron chi connectivity index (χ2n) is 7.23. The van der Waals surface area contributed by atoms with Crippen molar-refractivity contribution in [1.29, 1.82) is 0 Å². The molecular formula is C21H20FN3O4S2. The van der Waals surface area contributed by atoms with Crippen molar-refractivity contribution in [2.24, 2.45) is 0 Å². The predicted molar refractivity (Wildman–Crippen MR) is 116 cm³/mol. The van der Waals surface area contributed by atoms with E-state index in [4.69, 9.17) is 0 Å². The van der Waals surface area contributed by atoms with Gasteiger partial charge in [0.25, 0.3) is 11.5 Å². The van der Waals surface area contributed by atoms with Gasteiger partial charge >= 0.3 is 0 Å². The number of pyridine rings is 1. The number of likely N-dealkylation sites (tertiary alicyclic amines) is 1. The van der Waals surface area contributed by atoms with Gasteiger partial charge in [0.05, 0.1) is 15.5 Å². The number of carbonyl (C=O) groups excluding carboxylic acids is 1. The normalized spacial score (nSPS) is 15.2. The van der Waals surface area contributed by atoms with Crippen LogP contribution in [0.15, 0.2) is 63.6 Å². The number of nitrogens with one attached hydrogen (secondary N) is 2. The van der Waals surface area contributed by atoms with Gasteiger partial charge in [0.1, 0.15) is 11.4 Å². The van der Waals surface area contributed by atoms with Crippen LogP contribution >= 0.6 is 11.3 Å². The van der Waals surface area contributed by atoms with Crippen LogP contribution in [0.3, 0.4) is 0 Å². The molecular weight excluding hydrogens is 441 g/mol. The molecule has 0 spiro atoms. The van der Waals surface area contributed by atoms with E-state index in [-0.39, 0.29) is 22.4 Å². The fourth-order valence-corrected chi connectivity index (χ4v) is 5.50. The van der Waals surface area contributed by atoms with E-state index in [0.29, 0.717) is 31.6 Å². The van der Waals surface area contributed by atoms with Crippen LogP contribution in [0.2, 0.25) is 0 Å². The lowest BCUT2D eigenvalue weighted by Crippen LogP contribution is -2.47. The first-order valence-electron chi connectivity index (χ1n) is 9.68. The Morgan fingerprint density at radius 1 is 1.10 bits per heavy atom. The summed E-state index contributed by atoms with van der Waals surface area (Å²) in [6.07, 6.45) is 0.828. The second kappa shape index (κ2) is 8.74. The van der Waals surface area contributed by atoms with Gasteiger partial charge in [0, 0.05) is 19.1 Å². The fraction of sp³-hybridized carbons (Fsp3) is 0.238. The highest BCUT2D eigenvalue weighted by molar-refractivity contribution is 7.89. The van der Waals surface area contributed by atoms with Crippen molar-refractivity contribution in [3.05, 3.63) is 75.6 Å². The second-order valence-corrected chi connectivity index (χ2v) is 9.90. The van der Waals surface area contributed by atoms with Crippen molar-refractivity contribution in [3.63, 3.8) is 0 Å². The molecule has 1 amide bonds. The maximum Gasteiger partial charge on any atom is 0.261 e. The summed E-state index contributed by atoms with van der Waals surface area (Å²) in [6, 6.07) is 11.3. The Hall–Kier alpha value is -2.82. The SMILES string of the molecule is O=C(c1ccc(-c2cccs2)[nH]c1=O)N1CCC(NS(=O)(=O)c2ccc(F)cc2)CC1. The quantitative estimate of drug-likeness (QED) is 0.610. The van der Waals surface area contributed by atoms with Gasteiger partial charge in [-0.1, -0.05) is 6.07 Å². The molecule has 0 radical (unpaired) electrons. The molecule has 0 saturated carbocycles. The third kappa shape index (κ3) is 4.76. The summed E-state index contributed by atoms with van der Waals surface area (Å²) in [5, 5.41) is 1.90. The number of sulfonamides is 1. The number of piperidine rings is 1. The maximum absolute atomic E-state index is 13.0. The van der Waals surface area contributed by atoms with Crippen LogP contribution in [0, 0.1) is 5.82 Å². The minimum atomic E-state index is -3.77. The Morgan fingerprint density at radius 3 is 2.42 bits per heavy atom. The van der Waals surface area contributed by atoms with E-state index in [9.17, 15) is 22.4 Å². The molecule has 0 unspecified atom stereocenters. The van der Waals surface area contributed by atoms with Gasteiger partial charge < -0.3 is 9.88 Å². The Labute approximate surface area is 182 Å². The van der Waals surface area contributed by atoms with Crippen LogP contribution in [-0.4, -0.2) is 43.3 Å². The smallest absolute Gasteiger partial charge is 0.261 e. The van der Waals surface area contributed by atoms with Crippen molar-refractivity contribution < 1.29 is 17.6 Å². The first-order valence-corrected chi connectivity index (χ1v) is 12.0. The number of benzene rings is 1. The molecule has 4 rings (SSSR count). The van der Waals surface area contributed by atoms with Crippen molar-refractivity contribution in [2.45, 2.75) is 23.8 Å². The molecule has 0 atom stereocenters. The number of hydrogen-bond donors (Lipinski definition) is 2. The number of halogens is 1. The maximum atomic E-state index is 13.0. The number of aromatic amines is 1. The third-order valence-corrected chi connectivity index (χ3v) is 7.59. The standard InChI is InChI=1S/C21H20FN3O4S2/c22-14-3-5-16(6-4-14)31(28,29)24-15-9-11-25(12-10-15)21(27)17-7-8-18(23-20(17)26)19-2-1-13-30-19/h1-8,13,15,24H,9-12H2,(H,23,26). The fourth-order valence-electron chi connectivity index (χ4n) is 3.49. The molecule has 0 bridgehead atoms. The van der Waals surface area contributed by atoms with Gasteiger partial charge in [0.2, 0.25) is 10.0 Å². The van der Waals surface area contributed by atoms with Gasteiger partial charge in [-0.15, -0.1) is 11.3 Å². The summed E-state index contributed by atoms with van der Waals surface area (Å²) in [4.78, 5) is 30.4. The molecule has 1 saturated heterocycles. The molecule has 1 fully saturated rings. The van der Waals surface area contributed by atoms with Crippen LogP contribution in [0.4, 0.5) is 4.39 Å². The predicted octanol–water partition coefficient (Wildman–Crippen LogP) is 2.83. The number of rotatable bonds is 5. The van der Waals surface area contributed by atoms with Crippen LogP contribution < -0.4 is 10.3 Å². The Bertz CT molecular complexity index is 1230. The van der Waals surface area contributed by atoms with Crippen LogP contribution in [-0.2, 0) is 10.0 Å². The van der Waals surface area contributed by atoms with Gasteiger partial charge in [-0.2, -0.15) is 0 Å². The van der Waals surface area contributed by atoms with Crippen molar-refractivity contribution in [3.8, 4) is 10.6 Å². The molecule has 3 aromatic rings. The summed E-state index contributed by atoms with van der Waals surface area (Å²) in [6.45, 7) is 0.642. The van der Waals surface area contributed by atoms with E-state index >= 15 is 0 Å². The van der Waals surface area contributed by atoms with Gasteiger partial charge in [-0.3, -0.25) is 9.59 Å². The van der Waals surface area contributed by atoms with Crippen LogP contribution in [0.5, 0.6) is 0 Å². The van der Waals surface area contributed by atoms with Crippen molar-refractivity contribution >= 4 is 27.3 Å². The molecule has 10 heteroatoms. The minimum absolute atomic E-state index is 0.00947. The molecule has 1 aliphatic rings. The van der Waals surface area contributed by atoms with E-state index in [2.05, 4.69) is 9.71 Å². The molecule has 1 aromatic carbocycles. The number of thiophene rings is 1. The van der Waals surface area contributed by atoms with Crippen LogP contribution in [0.25, 0.3) is 10.6 Å². The lowest BCUT2D eigenvalue weighted by atomic mass is 10.1. The average molecular weight is 462 g/mol. The average Bonchev–Trinajstić information content (AvgIpc) is 3.29. The number of nitrogens with zero attached hydrogens (tertiary/aromatic N) is 1. The highest BCUT2D eigenvalue weighted by atomic mass is 32.2. The van der Waals surface area contributed by atoms with Gasteiger partial charge in [-0.25, -0.2) is 17.5 Å². The summed E-state index contributed by atoms with van der Waals surface area (Å²) in [5.74, 6) is -0.886. The first kappa shape index (κ1) is 21.4. The molecule has 31 heavy (non-hydrogen) atoms. The minimum Gasteiger partial charge on any atom is -0.338 e. The number of amides is 1. The Balaban J connectivity index is 1.39. The molecule has 1 aliphatic heterocycles. The van der Waals surface area contributed by atoms with E-state index in [1.54, 1.807) is 11.0 Å². The van der Waals surface area contributed by atoms with E-state index in [1.807, 2.05) is 17.5 Å². The first-order chi connectivity index (χ1) is 14.8. The van der Waals surface area contributed by atoms with E-state index in [0.717, 1.165) is 17.0 Å². The van der Waals surface area contributed by atoms with Gasteiger partial charge in [0.15, 0.2) is 0 Å². The molecule has 7 nitrogen and oxygen atoms in total.